The molecule has 2 nitrogen and oxygen atoms in total. The summed E-state index contributed by atoms with van der Waals surface area (Å²) in [5.41, 5.74) is 5.65. The van der Waals surface area contributed by atoms with Crippen LogP contribution in [-0.4, -0.2) is 6.61 Å². The Bertz CT molecular complexity index is 466. The van der Waals surface area contributed by atoms with Gasteiger partial charge < -0.3 is 10.5 Å². The van der Waals surface area contributed by atoms with Gasteiger partial charge in [0.1, 0.15) is 0 Å². The summed E-state index contributed by atoms with van der Waals surface area (Å²) >= 11 is 1.43. The van der Waals surface area contributed by atoms with E-state index in [4.69, 9.17) is 10.5 Å². The molecule has 2 aromatic rings. The number of nitrogen functional groups attached to an aromatic ring is 1. The van der Waals surface area contributed by atoms with E-state index in [2.05, 4.69) is 0 Å². The second kappa shape index (κ2) is 3.46. The number of hydrogen-bond acceptors (Lipinski definition) is 3. The highest BCUT2D eigenvalue weighted by Gasteiger charge is 2.10. The molecule has 1 aromatic carbocycles. The Morgan fingerprint density at radius 3 is 3.00 bits per heavy atom. The number of thiophene rings is 1. The summed E-state index contributed by atoms with van der Waals surface area (Å²) in [6.45, 7) is 2.28. The Kier molecular flexibility index (Phi) is 2.29. The molecule has 0 unspecified atom stereocenters. The van der Waals surface area contributed by atoms with Gasteiger partial charge >= 0.3 is 0 Å². The molecule has 0 saturated carbocycles. The summed E-state index contributed by atoms with van der Waals surface area (Å²) in [6.07, 6.45) is 0. The summed E-state index contributed by atoms with van der Waals surface area (Å²) in [5, 5.41) is 1.43. The lowest BCUT2D eigenvalue weighted by atomic mass is 10.2. The van der Waals surface area contributed by atoms with Crippen molar-refractivity contribution in [3.8, 4) is 5.75 Å². The highest BCUT2D eigenvalue weighted by Crippen LogP contribution is 2.35. The number of anilines is 1. The Hall–Kier alpha value is -1.29. The minimum absolute atomic E-state index is 0.304. The van der Waals surface area contributed by atoms with E-state index < -0.39 is 0 Å². The quantitative estimate of drug-likeness (QED) is 0.828. The monoisotopic (exact) mass is 211 g/mol. The summed E-state index contributed by atoms with van der Waals surface area (Å²) in [7, 11) is 0. The maximum absolute atomic E-state index is 13.4. The second-order valence-corrected chi connectivity index (χ2v) is 3.99. The number of hydrogen-bond donors (Lipinski definition) is 1. The first-order valence-corrected chi connectivity index (χ1v) is 5.14. The van der Waals surface area contributed by atoms with Gasteiger partial charge in [-0.05, 0) is 25.1 Å². The topological polar surface area (TPSA) is 35.2 Å². The van der Waals surface area contributed by atoms with Gasteiger partial charge in [-0.1, -0.05) is 0 Å². The van der Waals surface area contributed by atoms with E-state index in [0.29, 0.717) is 17.4 Å². The molecule has 1 aromatic heterocycles. The fourth-order valence-corrected chi connectivity index (χ4v) is 2.20. The SMILES string of the molecule is CCOc1c(F)ccc2sc(N)cc12. The molecule has 0 aliphatic rings. The van der Waals surface area contributed by atoms with Crippen molar-refractivity contribution >= 4 is 26.4 Å². The molecule has 0 amide bonds. The molecule has 2 rings (SSSR count). The standard InChI is InChI=1S/C10H10FNOS/c1-2-13-10-6-5-9(12)14-8(6)4-3-7(10)11/h3-5H,2,12H2,1H3. The lowest BCUT2D eigenvalue weighted by molar-refractivity contribution is 0.326. The summed E-state index contributed by atoms with van der Waals surface area (Å²) in [5.74, 6) is -0.0323. The van der Waals surface area contributed by atoms with Gasteiger partial charge in [0.15, 0.2) is 11.6 Å². The minimum atomic E-state index is -0.336. The Morgan fingerprint density at radius 1 is 1.50 bits per heavy atom. The molecule has 0 aliphatic carbocycles. The third-order valence-corrected chi connectivity index (χ3v) is 2.84. The lowest BCUT2D eigenvalue weighted by Crippen LogP contribution is -1.94. The van der Waals surface area contributed by atoms with Crippen LogP contribution in [0.3, 0.4) is 0 Å². The van der Waals surface area contributed by atoms with Gasteiger partial charge in [-0.3, -0.25) is 0 Å². The number of halogens is 1. The van der Waals surface area contributed by atoms with Crippen LogP contribution >= 0.6 is 11.3 Å². The molecule has 74 valence electrons. The molecule has 0 fully saturated rings. The van der Waals surface area contributed by atoms with E-state index in [-0.39, 0.29) is 5.82 Å². The number of rotatable bonds is 2. The van der Waals surface area contributed by atoms with Gasteiger partial charge in [-0.25, -0.2) is 4.39 Å². The molecule has 0 spiro atoms. The molecular weight excluding hydrogens is 201 g/mol. The van der Waals surface area contributed by atoms with E-state index in [1.54, 1.807) is 12.1 Å². The maximum atomic E-state index is 13.4. The highest BCUT2D eigenvalue weighted by molar-refractivity contribution is 7.22. The van der Waals surface area contributed by atoms with E-state index in [1.807, 2.05) is 6.92 Å². The molecule has 2 N–H and O–H groups in total. The Labute approximate surface area is 85.1 Å². The van der Waals surface area contributed by atoms with Crippen LogP contribution in [-0.2, 0) is 0 Å². The van der Waals surface area contributed by atoms with Gasteiger partial charge in [0, 0.05) is 10.1 Å². The van der Waals surface area contributed by atoms with Crippen molar-refractivity contribution in [3.63, 3.8) is 0 Å². The van der Waals surface area contributed by atoms with E-state index in [0.717, 1.165) is 10.1 Å². The zero-order chi connectivity index (χ0) is 10.1. The van der Waals surface area contributed by atoms with Crippen molar-refractivity contribution in [2.45, 2.75) is 6.92 Å². The minimum Gasteiger partial charge on any atom is -0.490 e. The predicted molar refractivity (Wildman–Crippen MR) is 57.4 cm³/mol. The molecule has 0 atom stereocenters. The van der Waals surface area contributed by atoms with Crippen molar-refractivity contribution in [2.75, 3.05) is 12.3 Å². The highest BCUT2D eigenvalue weighted by atomic mass is 32.1. The summed E-state index contributed by atoms with van der Waals surface area (Å²) < 4.78 is 19.5. The maximum Gasteiger partial charge on any atom is 0.165 e. The van der Waals surface area contributed by atoms with Crippen molar-refractivity contribution in [2.24, 2.45) is 0 Å². The van der Waals surface area contributed by atoms with Crippen LogP contribution < -0.4 is 10.5 Å². The van der Waals surface area contributed by atoms with Crippen LogP contribution in [0.1, 0.15) is 6.92 Å². The summed E-state index contributed by atoms with van der Waals surface area (Å²) in [6, 6.07) is 4.87. The van der Waals surface area contributed by atoms with Crippen molar-refractivity contribution in [1.82, 2.24) is 0 Å². The first kappa shape index (κ1) is 9.27. The molecule has 4 heteroatoms. The summed E-state index contributed by atoms with van der Waals surface area (Å²) in [4.78, 5) is 0. The van der Waals surface area contributed by atoms with Crippen LogP contribution in [0.15, 0.2) is 18.2 Å². The molecule has 0 saturated heterocycles. The number of benzene rings is 1. The Morgan fingerprint density at radius 2 is 2.29 bits per heavy atom. The zero-order valence-corrected chi connectivity index (χ0v) is 8.53. The normalized spacial score (nSPS) is 10.7. The predicted octanol–water partition coefficient (Wildman–Crippen LogP) is 3.02. The van der Waals surface area contributed by atoms with E-state index >= 15 is 0 Å². The van der Waals surface area contributed by atoms with Crippen molar-refractivity contribution < 1.29 is 9.13 Å². The fourth-order valence-electron chi connectivity index (χ4n) is 1.37. The number of ether oxygens (including phenoxy) is 1. The number of nitrogens with two attached hydrogens (primary N) is 1. The zero-order valence-electron chi connectivity index (χ0n) is 7.71. The van der Waals surface area contributed by atoms with Gasteiger partial charge in [-0.2, -0.15) is 0 Å². The molecule has 0 aliphatic heterocycles. The smallest absolute Gasteiger partial charge is 0.165 e. The van der Waals surface area contributed by atoms with Crippen molar-refractivity contribution in [1.29, 1.82) is 0 Å². The first-order valence-electron chi connectivity index (χ1n) is 4.32. The fraction of sp³-hybridized carbons (Fsp3) is 0.200. The van der Waals surface area contributed by atoms with Gasteiger partial charge in [0.2, 0.25) is 0 Å². The molecule has 1 heterocycles. The molecule has 14 heavy (non-hydrogen) atoms. The third kappa shape index (κ3) is 1.42. The van der Waals surface area contributed by atoms with Crippen LogP contribution in [0.25, 0.3) is 10.1 Å². The average Bonchev–Trinajstić information content (AvgIpc) is 2.51. The largest absolute Gasteiger partial charge is 0.490 e. The molecule has 0 bridgehead atoms. The lowest BCUT2D eigenvalue weighted by Gasteiger charge is -2.05. The van der Waals surface area contributed by atoms with Crippen molar-refractivity contribution in [3.05, 3.63) is 24.0 Å². The van der Waals surface area contributed by atoms with Gasteiger partial charge in [-0.15, -0.1) is 11.3 Å². The van der Waals surface area contributed by atoms with Gasteiger partial charge in [0.05, 0.1) is 11.6 Å². The average molecular weight is 211 g/mol. The first-order chi connectivity index (χ1) is 6.72. The molecule has 0 radical (unpaired) electrons. The third-order valence-electron chi connectivity index (χ3n) is 1.91. The van der Waals surface area contributed by atoms with Crippen LogP contribution in [0.2, 0.25) is 0 Å². The van der Waals surface area contributed by atoms with E-state index in [9.17, 15) is 4.39 Å². The molecular formula is C10H10FNOS. The van der Waals surface area contributed by atoms with Crippen LogP contribution in [0, 0.1) is 5.82 Å². The van der Waals surface area contributed by atoms with Gasteiger partial charge in [0.25, 0.3) is 0 Å². The van der Waals surface area contributed by atoms with Crippen LogP contribution in [0.4, 0.5) is 9.39 Å². The Balaban J connectivity index is 2.68. The second-order valence-electron chi connectivity index (χ2n) is 2.87. The van der Waals surface area contributed by atoms with Crippen LogP contribution in [0.5, 0.6) is 5.75 Å². The van der Waals surface area contributed by atoms with E-state index in [1.165, 1.54) is 17.4 Å². The number of fused-ring (bicyclic) bond motifs is 1.